The minimum atomic E-state index is -4.15. The van der Waals surface area contributed by atoms with Gasteiger partial charge in [-0.05, 0) is 35.0 Å². The summed E-state index contributed by atoms with van der Waals surface area (Å²) in [5.74, 6) is 0.440. The summed E-state index contributed by atoms with van der Waals surface area (Å²) < 4.78 is 36.8. The van der Waals surface area contributed by atoms with E-state index in [1.165, 1.54) is 13.1 Å². The Morgan fingerprint density at radius 1 is 1.47 bits per heavy atom. The number of nitrogens with one attached hydrogen (secondary N) is 1. The standard InChI is InChI=1S/C9H10BrF3N2/c1-6(4-9(11,12)13)15-8-3-2-7(10)5-14-8/h2-3,5-6H,4H2,1H3,(H,14,15). The molecule has 0 amide bonds. The SMILES string of the molecule is CC(CC(F)(F)F)Nc1ccc(Br)cn1. The van der Waals surface area contributed by atoms with Gasteiger partial charge in [-0.2, -0.15) is 13.2 Å². The largest absolute Gasteiger partial charge is 0.391 e. The number of anilines is 1. The number of halogens is 4. The number of hydrogen-bond donors (Lipinski definition) is 1. The van der Waals surface area contributed by atoms with Crippen LogP contribution in [0, 0.1) is 0 Å². The minimum absolute atomic E-state index is 0.440. The molecule has 6 heteroatoms. The first-order valence-electron chi connectivity index (χ1n) is 4.31. The van der Waals surface area contributed by atoms with E-state index in [4.69, 9.17) is 0 Å². The van der Waals surface area contributed by atoms with E-state index in [9.17, 15) is 13.2 Å². The molecule has 2 nitrogen and oxygen atoms in total. The highest BCUT2D eigenvalue weighted by Gasteiger charge is 2.29. The highest BCUT2D eigenvalue weighted by atomic mass is 79.9. The van der Waals surface area contributed by atoms with Crippen LogP contribution in [0.3, 0.4) is 0 Å². The summed E-state index contributed by atoms with van der Waals surface area (Å²) in [5.41, 5.74) is 0. The van der Waals surface area contributed by atoms with Gasteiger partial charge in [0.05, 0.1) is 6.42 Å². The second-order valence-corrected chi connectivity index (χ2v) is 4.14. The van der Waals surface area contributed by atoms with E-state index in [2.05, 4.69) is 26.2 Å². The van der Waals surface area contributed by atoms with Crippen LogP contribution in [0.2, 0.25) is 0 Å². The van der Waals surface area contributed by atoms with Gasteiger partial charge in [0.1, 0.15) is 5.82 Å². The maximum Gasteiger partial charge on any atom is 0.391 e. The molecule has 0 fully saturated rings. The van der Waals surface area contributed by atoms with Crippen molar-refractivity contribution < 1.29 is 13.2 Å². The Kier molecular flexibility index (Phi) is 3.96. The van der Waals surface area contributed by atoms with Gasteiger partial charge < -0.3 is 5.32 Å². The highest BCUT2D eigenvalue weighted by molar-refractivity contribution is 9.10. The lowest BCUT2D eigenvalue weighted by Crippen LogP contribution is -2.24. The van der Waals surface area contributed by atoms with Crippen LogP contribution in [0.5, 0.6) is 0 Å². The summed E-state index contributed by atoms with van der Waals surface area (Å²) in [4.78, 5) is 3.92. The molecule has 1 atom stereocenters. The third-order valence-electron chi connectivity index (χ3n) is 1.66. The first kappa shape index (κ1) is 12.3. The molecule has 1 heterocycles. The smallest absolute Gasteiger partial charge is 0.367 e. The monoisotopic (exact) mass is 282 g/mol. The van der Waals surface area contributed by atoms with Gasteiger partial charge in [-0.25, -0.2) is 4.98 Å². The van der Waals surface area contributed by atoms with E-state index >= 15 is 0 Å². The second-order valence-electron chi connectivity index (χ2n) is 3.23. The van der Waals surface area contributed by atoms with E-state index in [1.54, 1.807) is 12.1 Å². The maximum atomic E-state index is 12.0. The van der Waals surface area contributed by atoms with Gasteiger partial charge in [-0.15, -0.1) is 0 Å². The molecule has 0 aromatic carbocycles. The summed E-state index contributed by atoms with van der Waals surface area (Å²) in [7, 11) is 0. The van der Waals surface area contributed by atoms with Gasteiger partial charge in [0.25, 0.3) is 0 Å². The molecule has 1 rings (SSSR count). The van der Waals surface area contributed by atoms with Gasteiger partial charge >= 0.3 is 6.18 Å². The Labute approximate surface area is 94.0 Å². The molecule has 15 heavy (non-hydrogen) atoms. The third kappa shape index (κ3) is 5.01. The van der Waals surface area contributed by atoms with Crippen molar-refractivity contribution in [1.82, 2.24) is 4.98 Å². The normalized spacial score (nSPS) is 13.7. The van der Waals surface area contributed by atoms with E-state index in [-0.39, 0.29) is 0 Å². The minimum Gasteiger partial charge on any atom is -0.367 e. The van der Waals surface area contributed by atoms with E-state index in [0.717, 1.165) is 4.47 Å². The Hall–Kier alpha value is -0.780. The van der Waals surface area contributed by atoms with Crippen LogP contribution in [0.25, 0.3) is 0 Å². The van der Waals surface area contributed by atoms with Gasteiger partial charge in [0.15, 0.2) is 0 Å². The molecule has 0 radical (unpaired) electrons. The van der Waals surface area contributed by atoms with Crippen LogP contribution >= 0.6 is 15.9 Å². The van der Waals surface area contributed by atoms with Crippen molar-refractivity contribution in [1.29, 1.82) is 0 Å². The molecule has 1 aromatic heterocycles. The fourth-order valence-corrected chi connectivity index (χ4v) is 1.35. The molecule has 0 aliphatic rings. The fourth-order valence-electron chi connectivity index (χ4n) is 1.11. The molecular weight excluding hydrogens is 273 g/mol. The molecule has 0 aliphatic heterocycles. The Bertz CT molecular complexity index is 310. The molecule has 0 saturated carbocycles. The number of hydrogen-bond acceptors (Lipinski definition) is 2. The molecule has 1 N–H and O–H groups in total. The number of pyridine rings is 1. The molecule has 1 unspecified atom stereocenters. The molecule has 0 spiro atoms. The van der Waals surface area contributed by atoms with E-state index in [0.29, 0.717) is 5.82 Å². The number of nitrogens with zero attached hydrogens (tertiary/aromatic N) is 1. The van der Waals surface area contributed by atoms with Gasteiger partial charge in [-0.1, -0.05) is 0 Å². The summed E-state index contributed by atoms with van der Waals surface area (Å²) in [6, 6.07) is 2.66. The molecule has 0 bridgehead atoms. The highest BCUT2D eigenvalue weighted by Crippen LogP contribution is 2.23. The van der Waals surface area contributed by atoms with E-state index in [1.807, 2.05) is 0 Å². The maximum absolute atomic E-state index is 12.0. The van der Waals surface area contributed by atoms with Crippen molar-refractivity contribution in [3.05, 3.63) is 22.8 Å². The summed E-state index contributed by atoms with van der Waals surface area (Å²) in [5, 5.41) is 2.67. The quantitative estimate of drug-likeness (QED) is 0.916. The molecular formula is C9H10BrF3N2. The number of rotatable bonds is 3. The molecule has 0 aliphatic carbocycles. The fraction of sp³-hybridized carbons (Fsp3) is 0.444. The van der Waals surface area contributed by atoms with Crippen LogP contribution in [0.15, 0.2) is 22.8 Å². The third-order valence-corrected chi connectivity index (χ3v) is 2.13. The van der Waals surface area contributed by atoms with Crippen molar-refractivity contribution in [2.24, 2.45) is 0 Å². The van der Waals surface area contributed by atoms with Gasteiger partial charge in [0, 0.05) is 16.7 Å². The van der Waals surface area contributed by atoms with Crippen molar-refractivity contribution in [3.8, 4) is 0 Å². The first-order chi connectivity index (χ1) is 6.87. The first-order valence-corrected chi connectivity index (χ1v) is 5.11. The topological polar surface area (TPSA) is 24.9 Å². The molecule has 84 valence electrons. The average molecular weight is 283 g/mol. The average Bonchev–Trinajstić information content (AvgIpc) is 2.05. The van der Waals surface area contributed by atoms with Crippen molar-refractivity contribution in [3.63, 3.8) is 0 Å². The summed E-state index contributed by atoms with van der Waals surface area (Å²) >= 11 is 3.19. The molecule has 0 saturated heterocycles. The van der Waals surface area contributed by atoms with Crippen LogP contribution in [-0.2, 0) is 0 Å². The second kappa shape index (κ2) is 4.83. The van der Waals surface area contributed by atoms with Gasteiger partial charge in [-0.3, -0.25) is 0 Å². The zero-order valence-corrected chi connectivity index (χ0v) is 9.56. The van der Waals surface area contributed by atoms with Crippen molar-refractivity contribution >= 4 is 21.7 Å². The van der Waals surface area contributed by atoms with E-state index < -0.39 is 18.6 Å². The van der Waals surface area contributed by atoms with Crippen LogP contribution in [0.1, 0.15) is 13.3 Å². The van der Waals surface area contributed by atoms with Gasteiger partial charge in [0.2, 0.25) is 0 Å². The lowest BCUT2D eigenvalue weighted by atomic mass is 10.2. The summed E-state index contributed by atoms with van der Waals surface area (Å²) in [6.45, 7) is 1.47. The van der Waals surface area contributed by atoms with Crippen LogP contribution in [0.4, 0.5) is 19.0 Å². The predicted molar refractivity (Wildman–Crippen MR) is 55.7 cm³/mol. The number of alkyl halides is 3. The Balaban J connectivity index is 2.51. The van der Waals surface area contributed by atoms with Crippen molar-refractivity contribution in [2.75, 3.05) is 5.32 Å². The van der Waals surface area contributed by atoms with Crippen LogP contribution in [-0.4, -0.2) is 17.2 Å². The summed E-state index contributed by atoms with van der Waals surface area (Å²) in [6.07, 6.45) is -3.49. The lowest BCUT2D eigenvalue weighted by Gasteiger charge is -2.16. The van der Waals surface area contributed by atoms with Crippen LogP contribution < -0.4 is 5.32 Å². The predicted octanol–water partition coefficient (Wildman–Crippen LogP) is 3.60. The Morgan fingerprint density at radius 3 is 2.60 bits per heavy atom. The van der Waals surface area contributed by atoms with Crippen molar-refractivity contribution in [2.45, 2.75) is 25.6 Å². The number of aromatic nitrogens is 1. The lowest BCUT2D eigenvalue weighted by molar-refractivity contribution is -0.136. The Morgan fingerprint density at radius 2 is 2.13 bits per heavy atom. The zero-order chi connectivity index (χ0) is 11.5. The zero-order valence-electron chi connectivity index (χ0n) is 7.98. The molecule has 1 aromatic rings.